The minimum atomic E-state index is -3.18. The fourth-order valence-corrected chi connectivity index (χ4v) is 7.05. The Morgan fingerprint density at radius 2 is 1.28 bits per heavy atom. The van der Waals surface area contributed by atoms with Gasteiger partial charge in [0.2, 0.25) is 11.8 Å². The SMILES string of the molecule is CC(=O)N[C@H]1[C@H](O[C@H]2[C@H](O)[C@H](O)C(O)O[C@@H]2CO)O[C@H](CO)[C@@H](O[C@@H]2O[C@H](CO)[C@H](O)[C@H](OC3(C(=O)O)CC(O)C(NC(=O)CO)C(C(O)C(O)CO)O3)[C@H]2O)[C@@H]1O. The molecule has 336 valence electrons. The van der Waals surface area contributed by atoms with Gasteiger partial charge in [0.25, 0.3) is 5.79 Å². The van der Waals surface area contributed by atoms with Crippen LogP contribution < -0.4 is 10.6 Å². The average Bonchev–Trinajstić information content (AvgIpc) is 3.19. The molecule has 27 nitrogen and oxygen atoms in total. The third-order valence-corrected chi connectivity index (χ3v) is 10.1. The van der Waals surface area contributed by atoms with Gasteiger partial charge in [0.15, 0.2) is 18.9 Å². The fraction of sp³-hybridized carbons (Fsp3) is 0.903. The van der Waals surface area contributed by atoms with Crippen LogP contribution in [0, 0.1) is 0 Å². The second-order valence-electron chi connectivity index (χ2n) is 14.1. The molecule has 4 aliphatic rings. The van der Waals surface area contributed by atoms with Crippen molar-refractivity contribution in [3.8, 4) is 0 Å². The number of aliphatic hydroxyl groups excluding tert-OH is 14. The lowest BCUT2D eigenvalue weighted by Crippen LogP contribution is -2.71. The molecule has 0 bridgehead atoms. The van der Waals surface area contributed by atoms with Gasteiger partial charge in [0, 0.05) is 13.3 Å². The van der Waals surface area contributed by atoms with Crippen LogP contribution in [0.25, 0.3) is 0 Å². The Morgan fingerprint density at radius 1 is 0.707 bits per heavy atom. The molecule has 2 amide bonds. The number of hydrogen-bond donors (Lipinski definition) is 17. The summed E-state index contributed by atoms with van der Waals surface area (Å²) in [4.78, 5) is 37.1. The number of carbonyl (C=O) groups excluding carboxylic acids is 2. The smallest absolute Gasteiger partial charge is 0.364 e. The number of nitrogens with one attached hydrogen (secondary N) is 2. The summed E-state index contributed by atoms with van der Waals surface area (Å²) in [5, 5.41) is 160. The number of carboxylic acid groups (broad SMARTS) is 1. The maximum absolute atomic E-state index is 12.8. The van der Waals surface area contributed by atoms with E-state index in [2.05, 4.69) is 10.6 Å². The lowest BCUT2D eigenvalue weighted by atomic mass is 9.88. The highest BCUT2D eigenvalue weighted by Crippen LogP contribution is 2.39. The van der Waals surface area contributed by atoms with E-state index in [1.54, 1.807) is 0 Å². The van der Waals surface area contributed by atoms with Gasteiger partial charge in [-0.05, 0) is 0 Å². The Balaban J connectivity index is 1.63. The summed E-state index contributed by atoms with van der Waals surface area (Å²) in [7, 11) is 0. The molecule has 4 saturated heterocycles. The number of amides is 2. The second-order valence-corrected chi connectivity index (χ2v) is 14.1. The van der Waals surface area contributed by atoms with Crippen LogP contribution >= 0.6 is 0 Å². The molecule has 4 heterocycles. The van der Waals surface area contributed by atoms with E-state index >= 15 is 0 Å². The Labute approximate surface area is 327 Å². The number of ether oxygens (including phenoxy) is 7. The van der Waals surface area contributed by atoms with Crippen molar-refractivity contribution >= 4 is 17.8 Å². The van der Waals surface area contributed by atoms with Gasteiger partial charge in [0.1, 0.15) is 98.1 Å². The van der Waals surface area contributed by atoms with E-state index in [1.807, 2.05) is 0 Å². The molecule has 0 aromatic carbocycles. The third kappa shape index (κ3) is 10.2. The average molecular weight is 853 g/mol. The number of rotatable bonds is 16. The lowest BCUT2D eigenvalue weighted by molar-refractivity contribution is -0.386. The second kappa shape index (κ2) is 20.4. The summed E-state index contributed by atoms with van der Waals surface area (Å²) < 4.78 is 38.9. The molecule has 0 aromatic heterocycles. The van der Waals surface area contributed by atoms with Gasteiger partial charge in [-0.3, -0.25) is 9.59 Å². The highest BCUT2D eigenvalue weighted by Gasteiger charge is 2.60. The molecule has 0 aliphatic carbocycles. The van der Waals surface area contributed by atoms with Crippen LogP contribution in [0.1, 0.15) is 13.3 Å². The largest absolute Gasteiger partial charge is 0.477 e. The van der Waals surface area contributed by atoms with Crippen molar-refractivity contribution in [1.82, 2.24) is 10.6 Å². The van der Waals surface area contributed by atoms with Crippen molar-refractivity contribution in [3.63, 3.8) is 0 Å². The van der Waals surface area contributed by atoms with E-state index in [9.17, 15) is 91.0 Å². The first-order chi connectivity index (χ1) is 27.3. The normalized spacial score (nSPS) is 44.5. The van der Waals surface area contributed by atoms with Gasteiger partial charge >= 0.3 is 5.97 Å². The predicted octanol–water partition coefficient (Wildman–Crippen LogP) is -11.3. The van der Waals surface area contributed by atoms with Crippen molar-refractivity contribution in [1.29, 1.82) is 0 Å². The summed E-state index contributed by atoms with van der Waals surface area (Å²) >= 11 is 0. The number of carbonyl (C=O) groups is 3. The van der Waals surface area contributed by atoms with Crippen LogP contribution in [0.15, 0.2) is 0 Å². The molecule has 17 N–H and O–H groups in total. The number of carboxylic acids is 1. The van der Waals surface area contributed by atoms with Crippen LogP contribution in [-0.4, -0.2) is 256 Å². The number of aliphatic hydroxyl groups is 14. The minimum Gasteiger partial charge on any atom is -0.477 e. The first-order valence-corrected chi connectivity index (χ1v) is 17.9. The van der Waals surface area contributed by atoms with Gasteiger partial charge in [-0.2, -0.15) is 0 Å². The molecule has 4 aliphatic heterocycles. The zero-order valence-corrected chi connectivity index (χ0v) is 30.6. The monoisotopic (exact) mass is 852 g/mol. The molecule has 0 aromatic rings. The summed E-state index contributed by atoms with van der Waals surface area (Å²) in [6.07, 6.45) is -36.8. The molecular formula is C31H52N2O25. The summed E-state index contributed by atoms with van der Waals surface area (Å²) in [6, 6.07) is -3.46. The highest BCUT2D eigenvalue weighted by atomic mass is 16.8. The molecule has 4 fully saturated rings. The van der Waals surface area contributed by atoms with Crippen molar-refractivity contribution in [2.24, 2.45) is 0 Å². The first-order valence-electron chi connectivity index (χ1n) is 17.9. The van der Waals surface area contributed by atoms with Crippen LogP contribution in [-0.2, 0) is 47.5 Å². The summed E-state index contributed by atoms with van der Waals surface area (Å²) in [5.41, 5.74) is 0. The molecule has 0 spiro atoms. The van der Waals surface area contributed by atoms with Crippen LogP contribution in [0.3, 0.4) is 0 Å². The van der Waals surface area contributed by atoms with Crippen molar-refractivity contribution in [2.45, 2.75) is 142 Å². The van der Waals surface area contributed by atoms with Gasteiger partial charge in [-0.1, -0.05) is 0 Å². The zero-order chi connectivity index (χ0) is 43.4. The van der Waals surface area contributed by atoms with Gasteiger partial charge in [-0.15, -0.1) is 0 Å². The zero-order valence-electron chi connectivity index (χ0n) is 30.6. The van der Waals surface area contributed by atoms with E-state index in [0.29, 0.717) is 0 Å². The Morgan fingerprint density at radius 3 is 1.83 bits per heavy atom. The fourth-order valence-electron chi connectivity index (χ4n) is 7.05. The summed E-state index contributed by atoms with van der Waals surface area (Å²) in [5.74, 6) is -7.21. The molecule has 0 radical (unpaired) electrons. The van der Waals surface area contributed by atoms with Gasteiger partial charge in [0.05, 0.1) is 38.6 Å². The van der Waals surface area contributed by atoms with E-state index in [1.165, 1.54) is 0 Å². The van der Waals surface area contributed by atoms with Crippen molar-refractivity contribution in [2.75, 3.05) is 33.0 Å². The molecular weight excluding hydrogens is 800 g/mol. The van der Waals surface area contributed by atoms with Crippen LogP contribution in [0.2, 0.25) is 0 Å². The number of hydrogen-bond acceptors (Lipinski definition) is 24. The Kier molecular flexibility index (Phi) is 17.0. The molecule has 0 saturated carbocycles. The van der Waals surface area contributed by atoms with E-state index in [-0.39, 0.29) is 0 Å². The highest BCUT2D eigenvalue weighted by molar-refractivity contribution is 5.78. The van der Waals surface area contributed by atoms with E-state index in [4.69, 9.17) is 33.2 Å². The molecule has 21 atom stereocenters. The van der Waals surface area contributed by atoms with E-state index in [0.717, 1.165) is 6.92 Å². The van der Waals surface area contributed by atoms with Gasteiger partial charge in [-0.25, -0.2) is 4.79 Å². The van der Waals surface area contributed by atoms with E-state index < -0.39 is 186 Å². The standard InChI is InChI=1S/C31H52N2O25/c1-8(39)32-16-19(45)23(13(6-37)54-28(16)55-24-12(5-36)52-27(49)21(47)20(24)46)56-29-22(48)26(18(44)11(4-35)53-29)58-31(30(50)51)2-9(40)15(33-14(42)7-38)25(57-31)17(43)10(41)3-34/h9-13,15-29,34-38,40-41,43-49H,2-7H2,1H3,(H,32,39)(H,33,42)(H,50,51)/t9?,10?,11-,12-,13-,15?,16-,17?,18+,19-,20-,21+,22-,23-,24-,25?,26+,27?,28+,29+,31?/m1/s1. The first kappa shape index (κ1) is 48.2. The third-order valence-electron chi connectivity index (χ3n) is 10.1. The van der Waals surface area contributed by atoms with Crippen LogP contribution in [0.5, 0.6) is 0 Å². The predicted molar refractivity (Wildman–Crippen MR) is 176 cm³/mol. The molecule has 4 rings (SSSR count). The molecule has 58 heavy (non-hydrogen) atoms. The Hall–Kier alpha value is -2.43. The van der Waals surface area contributed by atoms with Gasteiger partial charge < -0.3 is 120 Å². The maximum atomic E-state index is 12.8. The van der Waals surface area contributed by atoms with Crippen molar-refractivity contribution < 1.29 is 124 Å². The lowest BCUT2D eigenvalue weighted by Gasteiger charge is -2.51. The number of aliphatic carboxylic acids is 1. The quantitative estimate of drug-likeness (QED) is 0.0685. The van der Waals surface area contributed by atoms with Crippen LogP contribution in [0.4, 0.5) is 0 Å². The maximum Gasteiger partial charge on any atom is 0.364 e. The molecule has 7 unspecified atom stereocenters. The van der Waals surface area contributed by atoms with Crippen molar-refractivity contribution in [3.05, 3.63) is 0 Å². The molecule has 27 heteroatoms. The topological polar surface area (TPSA) is 443 Å². The Bertz CT molecular complexity index is 1370. The minimum absolute atomic E-state index is 0.815. The summed E-state index contributed by atoms with van der Waals surface area (Å²) in [6.45, 7) is -4.25.